The van der Waals surface area contributed by atoms with Crippen molar-refractivity contribution in [1.82, 2.24) is 0 Å². The van der Waals surface area contributed by atoms with Crippen LogP contribution in [0.2, 0.25) is 0 Å². The number of ether oxygens (including phenoxy) is 1. The summed E-state index contributed by atoms with van der Waals surface area (Å²) in [4.78, 5) is 11.1. The van der Waals surface area contributed by atoms with Gasteiger partial charge < -0.3 is 4.74 Å². The number of methoxy groups -OCH3 is 1. The summed E-state index contributed by atoms with van der Waals surface area (Å²) in [5, 5.41) is 0. The normalized spacial score (nSPS) is 11.6. The Labute approximate surface area is 138 Å². The predicted molar refractivity (Wildman–Crippen MR) is 95.3 cm³/mol. The van der Waals surface area contributed by atoms with Crippen molar-refractivity contribution in [3.63, 3.8) is 0 Å². The number of hydrogen-bond donors (Lipinski definition) is 0. The van der Waals surface area contributed by atoms with E-state index in [9.17, 15) is 4.79 Å². The first-order chi connectivity index (χ1) is 11.0. The molecule has 23 heavy (non-hydrogen) atoms. The minimum atomic E-state index is -0.336. The average molecular weight is 308 g/mol. The second kappa shape index (κ2) is 7.77. The molecule has 0 amide bonds. The molecule has 2 nitrogen and oxygen atoms in total. The van der Waals surface area contributed by atoms with Gasteiger partial charge in [-0.2, -0.15) is 0 Å². The maximum atomic E-state index is 11.1. The van der Waals surface area contributed by atoms with Crippen molar-refractivity contribution in [3.8, 4) is 0 Å². The van der Waals surface area contributed by atoms with Gasteiger partial charge in [0, 0.05) is 6.08 Å². The molecule has 0 fully saturated rings. The van der Waals surface area contributed by atoms with Crippen LogP contribution in [0.25, 0.3) is 6.08 Å². The van der Waals surface area contributed by atoms with Crippen LogP contribution in [0.15, 0.2) is 60.7 Å². The third-order valence-electron chi connectivity index (χ3n) is 4.19. The molecule has 0 atom stereocenters. The van der Waals surface area contributed by atoms with Crippen molar-refractivity contribution in [1.29, 1.82) is 0 Å². The lowest BCUT2D eigenvalue weighted by atomic mass is 9.79. The Kier molecular flexibility index (Phi) is 5.75. The van der Waals surface area contributed by atoms with Crippen molar-refractivity contribution in [2.75, 3.05) is 7.11 Å². The van der Waals surface area contributed by atoms with Crippen molar-refractivity contribution in [3.05, 3.63) is 77.4 Å². The molecule has 0 N–H and O–H groups in total. The molecule has 0 aliphatic rings. The molecule has 0 saturated heterocycles. The van der Waals surface area contributed by atoms with Gasteiger partial charge >= 0.3 is 5.97 Å². The summed E-state index contributed by atoms with van der Waals surface area (Å²) in [6.45, 7) is 4.55. The molecule has 0 radical (unpaired) electrons. The number of carbonyl (C=O) groups is 1. The van der Waals surface area contributed by atoms with E-state index in [-0.39, 0.29) is 11.4 Å². The SMILES string of the molecule is COC(=O)C=Cc1ccc(C(C)(C)CCc2ccccc2)cc1. The van der Waals surface area contributed by atoms with Crippen LogP contribution in [0.3, 0.4) is 0 Å². The molecular weight excluding hydrogens is 284 g/mol. The summed E-state index contributed by atoms with van der Waals surface area (Å²) in [6, 6.07) is 18.9. The van der Waals surface area contributed by atoms with E-state index < -0.39 is 0 Å². The van der Waals surface area contributed by atoms with Gasteiger partial charge in [0.15, 0.2) is 0 Å². The van der Waals surface area contributed by atoms with Crippen LogP contribution in [-0.2, 0) is 21.4 Å². The van der Waals surface area contributed by atoms with Gasteiger partial charge in [-0.3, -0.25) is 0 Å². The van der Waals surface area contributed by atoms with Gasteiger partial charge in [-0.1, -0.05) is 68.4 Å². The predicted octanol–water partition coefficient (Wildman–Crippen LogP) is 4.78. The fourth-order valence-corrected chi connectivity index (χ4v) is 2.52. The molecule has 2 heteroatoms. The van der Waals surface area contributed by atoms with Gasteiger partial charge in [-0.15, -0.1) is 0 Å². The number of hydrogen-bond acceptors (Lipinski definition) is 2. The van der Waals surface area contributed by atoms with Crippen LogP contribution in [-0.4, -0.2) is 13.1 Å². The molecule has 0 aromatic heterocycles. The minimum Gasteiger partial charge on any atom is -0.466 e. The highest BCUT2D eigenvalue weighted by Gasteiger charge is 2.20. The zero-order chi connectivity index (χ0) is 16.7. The highest BCUT2D eigenvalue weighted by Crippen LogP contribution is 2.29. The summed E-state index contributed by atoms with van der Waals surface area (Å²) < 4.78 is 4.60. The number of aryl methyl sites for hydroxylation is 1. The smallest absolute Gasteiger partial charge is 0.330 e. The van der Waals surface area contributed by atoms with Crippen LogP contribution >= 0.6 is 0 Å². The van der Waals surface area contributed by atoms with Crippen LogP contribution in [0, 0.1) is 0 Å². The van der Waals surface area contributed by atoms with Crippen molar-refractivity contribution >= 4 is 12.0 Å². The van der Waals surface area contributed by atoms with Crippen molar-refractivity contribution in [2.45, 2.75) is 32.1 Å². The first-order valence-corrected chi connectivity index (χ1v) is 7.92. The van der Waals surface area contributed by atoms with Gasteiger partial charge in [0.1, 0.15) is 0 Å². The lowest BCUT2D eigenvalue weighted by Crippen LogP contribution is -2.18. The largest absolute Gasteiger partial charge is 0.466 e. The second-order valence-electron chi connectivity index (χ2n) is 6.35. The van der Waals surface area contributed by atoms with Gasteiger partial charge in [-0.25, -0.2) is 4.79 Å². The Morgan fingerprint density at radius 3 is 2.30 bits per heavy atom. The van der Waals surface area contributed by atoms with Crippen LogP contribution in [0.5, 0.6) is 0 Å². The average Bonchev–Trinajstić information content (AvgIpc) is 2.59. The molecular formula is C21H24O2. The van der Waals surface area contributed by atoms with E-state index in [4.69, 9.17) is 0 Å². The number of carbonyl (C=O) groups excluding carboxylic acids is 1. The van der Waals surface area contributed by atoms with E-state index in [1.807, 2.05) is 12.1 Å². The number of esters is 1. The molecule has 120 valence electrons. The Bertz CT molecular complexity index is 652. The van der Waals surface area contributed by atoms with Crippen LogP contribution < -0.4 is 0 Å². The molecule has 2 aromatic rings. The third-order valence-corrected chi connectivity index (χ3v) is 4.19. The maximum Gasteiger partial charge on any atom is 0.330 e. The Morgan fingerprint density at radius 1 is 1.04 bits per heavy atom. The van der Waals surface area contributed by atoms with E-state index in [2.05, 4.69) is 61.0 Å². The quantitative estimate of drug-likeness (QED) is 0.567. The molecule has 0 heterocycles. The first kappa shape index (κ1) is 17.0. The summed E-state index contributed by atoms with van der Waals surface area (Å²) in [7, 11) is 1.38. The number of benzene rings is 2. The van der Waals surface area contributed by atoms with Crippen LogP contribution in [0.1, 0.15) is 37.0 Å². The fraction of sp³-hybridized carbons (Fsp3) is 0.286. The Hall–Kier alpha value is -2.35. The van der Waals surface area contributed by atoms with E-state index >= 15 is 0 Å². The van der Waals surface area contributed by atoms with E-state index in [1.54, 1.807) is 6.08 Å². The van der Waals surface area contributed by atoms with Gasteiger partial charge in [0.2, 0.25) is 0 Å². The van der Waals surface area contributed by atoms with Gasteiger partial charge in [0.25, 0.3) is 0 Å². The molecule has 0 unspecified atom stereocenters. The summed E-state index contributed by atoms with van der Waals surface area (Å²) in [5.41, 5.74) is 3.79. The lowest BCUT2D eigenvalue weighted by molar-refractivity contribution is -0.134. The molecule has 0 spiro atoms. The van der Waals surface area contributed by atoms with E-state index in [0.717, 1.165) is 18.4 Å². The first-order valence-electron chi connectivity index (χ1n) is 7.92. The minimum absolute atomic E-state index is 0.112. The van der Waals surface area contributed by atoms with E-state index in [0.29, 0.717) is 0 Å². The molecule has 2 aromatic carbocycles. The lowest BCUT2D eigenvalue weighted by Gasteiger charge is -2.25. The molecule has 0 aliphatic carbocycles. The van der Waals surface area contributed by atoms with Crippen LogP contribution in [0.4, 0.5) is 0 Å². The summed E-state index contributed by atoms with van der Waals surface area (Å²) in [5.74, 6) is -0.336. The molecule has 0 aliphatic heterocycles. The second-order valence-corrected chi connectivity index (χ2v) is 6.35. The van der Waals surface area contributed by atoms with Crippen molar-refractivity contribution < 1.29 is 9.53 Å². The Morgan fingerprint density at radius 2 is 1.70 bits per heavy atom. The number of rotatable bonds is 6. The third kappa shape index (κ3) is 5.10. The summed E-state index contributed by atoms with van der Waals surface area (Å²) in [6.07, 6.45) is 5.37. The molecule has 2 rings (SSSR count). The highest BCUT2D eigenvalue weighted by atomic mass is 16.5. The monoisotopic (exact) mass is 308 g/mol. The Balaban J connectivity index is 2.02. The van der Waals surface area contributed by atoms with Crippen molar-refractivity contribution in [2.24, 2.45) is 0 Å². The zero-order valence-corrected chi connectivity index (χ0v) is 14.1. The zero-order valence-electron chi connectivity index (χ0n) is 14.1. The maximum absolute atomic E-state index is 11.1. The topological polar surface area (TPSA) is 26.3 Å². The summed E-state index contributed by atoms with van der Waals surface area (Å²) >= 11 is 0. The van der Waals surface area contributed by atoms with Gasteiger partial charge in [-0.05, 0) is 41.0 Å². The van der Waals surface area contributed by atoms with E-state index in [1.165, 1.54) is 24.3 Å². The standard InChI is InChI=1S/C21H24O2/c1-21(2,16-15-17-7-5-4-6-8-17)19-12-9-18(10-13-19)11-14-20(22)23-3/h4-14H,15-16H2,1-3H3. The highest BCUT2D eigenvalue weighted by molar-refractivity contribution is 5.86. The fourth-order valence-electron chi connectivity index (χ4n) is 2.52. The molecule has 0 bridgehead atoms. The van der Waals surface area contributed by atoms with Gasteiger partial charge in [0.05, 0.1) is 7.11 Å². The molecule has 0 saturated carbocycles.